The van der Waals surface area contributed by atoms with E-state index >= 15 is 0 Å². The van der Waals surface area contributed by atoms with Gasteiger partial charge in [0.05, 0.1) is 19.2 Å². The lowest BCUT2D eigenvalue weighted by Gasteiger charge is -2.09. The number of carbonyl (C=O) groups is 1. The molecule has 0 atom stereocenters. The van der Waals surface area contributed by atoms with Crippen molar-refractivity contribution in [3.8, 4) is 10.4 Å². The molecule has 0 amide bonds. The minimum Gasteiger partial charge on any atom is -0.465 e. The van der Waals surface area contributed by atoms with Crippen LogP contribution in [-0.4, -0.2) is 28.0 Å². The Balaban J connectivity index is 1.48. The number of aromatic nitrogens is 2. The molecule has 0 radical (unpaired) electrons. The second-order valence-corrected chi connectivity index (χ2v) is 8.76. The fourth-order valence-corrected chi connectivity index (χ4v) is 4.65. The zero-order chi connectivity index (χ0) is 23.4. The lowest BCUT2D eigenvalue weighted by Crippen LogP contribution is -2.20. The maximum Gasteiger partial charge on any atom is 0.340 e. The molecule has 4 aromatic rings. The lowest BCUT2D eigenvalue weighted by atomic mass is 10.1. The molecule has 2 aromatic heterocycles. The van der Waals surface area contributed by atoms with E-state index in [0.29, 0.717) is 27.0 Å². The molecule has 4 rings (SSSR count). The quantitative estimate of drug-likeness (QED) is 0.248. The van der Waals surface area contributed by atoms with E-state index < -0.39 is 11.8 Å². The normalized spacial score (nSPS) is 10.6. The van der Waals surface area contributed by atoms with Crippen LogP contribution in [0.15, 0.2) is 66.9 Å². The number of esters is 1. The monoisotopic (exact) mass is 500 g/mol. The number of thiocarbonyl (C=S) groups is 1. The van der Waals surface area contributed by atoms with Gasteiger partial charge in [-0.3, -0.25) is 4.68 Å². The van der Waals surface area contributed by atoms with Crippen molar-refractivity contribution in [1.29, 1.82) is 0 Å². The van der Waals surface area contributed by atoms with Crippen LogP contribution in [0.4, 0.5) is 15.2 Å². The van der Waals surface area contributed by atoms with E-state index in [-0.39, 0.29) is 11.7 Å². The van der Waals surface area contributed by atoms with E-state index in [0.717, 1.165) is 10.4 Å². The molecule has 0 saturated heterocycles. The maximum atomic E-state index is 14.0. The van der Waals surface area contributed by atoms with Crippen LogP contribution < -0.4 is 10.6 Å². The highest BCUT2D eigenvalue weighted by molar-refractivity contribution is 7.80. The van der Waals surface area contributed by atoms with Crippen LogP contribution in [-0.2, 0) is 11.3 Å². The molecule has 0 bridgehead atoms. The van der Waals surface area contributed by atoms with Crippen molar-refractivity contribution in [1.82, 2.24) is 9.78 Å². The summed E-state index contributed by atoms with van der Waals surface area (Å²) in [6.45, 7) is 0.172. The topological polar surface area (TPSA) is 68.2 Å². The first-order valence-corrected chi connectivity index (χ1v) is 11.4. The highest BCUT2D eigenvalue weighted by Gasteiger charge is 2.19. The summed E-state index contributed by atoms with van der Waals surface area (Å²) in [5, 5.41) is 11.5. The molecule has 10 heteroatoms. The summed E-state index contributed by atoms with van der Waals surface area (Å²) in [6, 6.07) is 17.7. The van der Waals surface area contributed by atoms with Crippen LogP contribution in [0.5, 0.6) is 0 Å². The molecule has 0 aliphatic heterocycles. The SMILES string of the molecule is COC(=O)c1cc(-c2ccccc2)sc1NC(=S)Nc1ccn(Cc2c(F)cccc2Cl)n1. The van der Waals surface area contributed by atoms with E-state index in [1.54, 1.807) is 35.1 Å². The summed E-state index contributed by atoms with van der Waals surface area (Å²) in [5.41, 5.74) is 1.71. The molecule has 6 nitrogen and oxygen atoms in total. The molecule has 2 heterocycles. The summed E-state index contributed by atoms with van der Waals surface area (Å²) < 4.78 is 20.5. The molecule has 33 heavy (non-hydrogen) atoms. The number of hydrogen-bond donors (Lipinski definition) is 2. The van der Waals surface area contributed by atoms with E-state index in [1.165, 1.54) is 24.5 Å². The number of thiophene rings is 1. The van der Waals surface area contributed by atoms with Gasteiger partial charge in [0.25, 0.3) is 0 Å². The van der Waals surface area contributed by atoms with Gasteiger partial charge in [-0.1, -0.05) is 48.0 Å². The molecule has 0 unspecified atom stereocenters. The first-order valence-electron chi connectivity index (χ1n) is 9.76. The number of rotatable bonds is 6. The van der Waals surface area contributed by atoms with Crippen LogP contribution in [0.3, 0.4) is 0 Å². The van der Waals surface area contributed by atoms with Gasteiger partial charge in [-0.15, -0.1) is 11.3 Å². The number of methoxy groups -OCH3 is 1. The fourth-order valence-electron chi connectivity index (χ4n) is 3.10. The Bertz CT molecular complexity index is 1290. The van der Waals surface area contributed by atoms with Gasteiger partial charge in [0.15, 0.2) is 10.9 Å². The average Bonchev–Trinajstić information content (AvgIpc) is 3.43. The maximum absolute atomic E-state index is 14.0. The number of carbonyl (C=O) groups excluding carboxylic acids is 1. The van der Waals surface area contributed by atoms with Crippen LogP contribution in [0.1, 0.15) is 15.9 Å². The second kappa shape index (κ2) is 10.1. The van der Waals surface area contributed by atoms with Gasteiger partial charge in [0, 0.05) is 27.7 Å². The van der Waals surface area contributed by atoms with Crippen molar-refractivity contribution >= 4 is 57.1 Å². The number of anilines is 2. The Morgan fingerprint density at radius 3 is 2.70 bits per heavy atom. The summed E-state index contributed by atoms with van der Waals surface area (Å²) in [6.07, 6.45) is 1.69. The Kier molecular flexibility index (Phi) is 7.02. The van der Waals surface area contributed by atoms with Gasteiger partial charge in [-0.05, 0) is 36.0 Å². The first kappa shape index (κ1) is 22.9. The van der Waals surface area contributed by atoms with Crippen LogP contribution in [0, 0.1) is 5.82 Å². The van der Waals surface area contributed by atoms with Crippen molar-refractivity contribution in [2.45, 2.75) is 6.54 Å². The number of ether oxygens (including phenoxy) is 1. The van der Waals surface area contributed by atoms with Crippen molar-refractivity contribution in [3.63, 3.8) is 0 Å². The number of hydrogen-bond acceptors (Lipinski definition) is 5. The third kappa shape index (κ3) is 5.39. The molecular weight excluding hydrogens is 483 g/mol. The summed E-state index contributed by atoms with van der Waals surface area (Å²) in [5.74, 6) is -0.406. The molecule has 2 N–H and O–H groups in total. The molecule has 168 valence electrons. The number of nitrogens with one attached hydrogen (secondary N) is 2. The summed E-state index contributed by atoms with van der Waals surface area (Å²) in [7, 11) is 1.33. The van der Waals surface area contributed by atoms with Gasteiger partial charge in [-0.25, -0.2) is 9.18 Å². The van der Waals surface area contributed by atoms with Crippen LogP contribution >= 0.6 is 35.2 Å². The van der Waals surface area contributed by atoms with Crippen LogP contribution in [0.2, 0.25) is 5.02 Å². The third-order valence-corrected chi connectivity index (χ3v) is 6.34. The predicted molar refractivity (Wildman–Crippen MR) is 134 cm³/mol. The van der Waals surface area contributed by atoms with Crippen molar-refractivity contribution in [2.75, 3.05) is 17.7 Å². The lowest BCUT2D eigenvalue weighted by molar-refractivity contribution is 0.0602. The number of halogens is 2. The highest BCUT2D eigenvalue weighted by Crippen LogP contribution is 2.36. The Morgan fingerprint density at radius 2 is 1.97 bits per heavy atom. The van der Waals surface area contributed by atoms with Gasteiger partial charge >= 0.3 is 5.97 Å². The molecule has 2 aromatic carbocycles. The van der Waals surface area contributed by atoms with Gasteiger partial charge in [0.2, 0.25) is 0 Å². The number of benzene rings is 2. The molecule has 0 fully saturated rings. The number of nitrogens with zero attached hydrogens (tertiary/aromatic N) is 2. The zero-order valence-corrected chi connectivity index (χ0v) is 19.7. The smallest absolute Gasteiger partial charge is 0.340 e. The van der Waals surface area contributed by atoms with E-state index in [9.17, 15) is 9.18 Å². The van der Waals surface area contributed by atoms with Crippen molar-refractivity contribution < 1.29 is 13.9 Å². The third-order valence-electron chi connectivity index (χ3n) is 4.69. The van der Waals surface area contributed by atoms with E-state index in [1.807, 2.05) is 30.3 Å². The second-order valence-electron chi connectivity index (χ2n) is 6.89. The van der Waals surface area contributed by atoms with Gasteiger partial charge < -0.3 is 15.4 Å². The Labute approximate surface area is 204 Å². The van der Waals surface area contributed by atoms with Crippen LogP contribution in [0.25, 0.3) is 10.4 Å². The van der Waals surface area contributed by atoms with E-state index in [4.69, 9.17) is 28.6 Å². The van der Waals surface area contributed by atoms with Crippen molar-refractivity contribution in [3.05, 3.63) is 88.8 Å². The minimum atomic E-state index is -0.468. The Morgan fingerprint density at radius 1 is 1.18 bits per heavy atom. The summed E-state index contributed by atoms with van der Waals surface area (Å²) in [4.78, 5) is 13.2. The van der Waals surface area contributed by atoms with E-state index in [2.05, 4.69) is 15.7 Å². The Hall–Kier alpha value is -3.27. The molecular formula is C23H18ClFN4O2S2. The predicted octanol–water partition coefficient (Wildman–Crippen LogP) is 6.05. The largest absolute Gasteiger partial charge is 0.465 e. The zero-order valence-electron chi connectivity index (χ0n) is 17.3. The fraction of sp³-hybridized carbons (Fsp3) is 0.0870. The summed E-state index contributed by atoms with van der Waals surface area (Å²) >= 11 is 12.9. The molecule has 0 aliphatic carbocycles. The highest BCUT2D eigenvalue weighted by atomic mass is 35.5. The molecule has 0 aliphatic rings. The van der Waals surface area contributed by atoms with Gasteiger partial charge in [-0.2, -0.15) is 5.10 Å². The standard InChI is InChI=1S/C23H18ClFN4O2S2/c1-31-22(30)15-12-19(14-6-3-2-4-7-14)33-21(15)27-23(32)26-20-10-11-29(28-20)13-16-17(24)8-5-9-18(16)25/h2-12H,13H2,1H3,(H2,26,27,28,32). The van der Waals surface area contributed by atoms with Crippen molar-refractivity contribution in [2.24, 2.45) is 0 Å². The molecule has 0 saturated carbocycles. The first-order chi connectivity index (χ1) is 15.9. The van der Waals surface area contributed by atoms with Gasteiger partial charge in [0.1, 0.15) is 10.8 Å². The molecule has 0 spiro atoms. The average molecular weight is 501 g/mol. The minimum absolute atomic E-state index is 0.172.